The quantitative estimate of drug-likeness (QED) is 0.553. The summed E-state index contributed by atoms with van der Waals surface area (Å²) in [6.45, 7) is 5.46. The minimum atomic E-state index is -0.445. The van der Waals surface area contributed by atoms with Gasteiger partial charge in [0.15, 0.2) is 17.8 Å². The normalized spacial score (nSPS) is 10.9. The third-order valence-corrected chi connectivity index (χ3v) is 4.10. The molecule has 0 aliphatic rings. The first-order valence-corrected chi connectivity index (χ1v) is 8.76. The van der Waals surface area contributed by atoms with E-state index in [1.165, 1.54) is 0 Å². The summed E-state index contributed by atoms with van der Waals surface area (Å²) in [5, 5.41) is 0. The lowest BCUT2D eigenvalue weighted by atomic mass is 10.2. The second kappa shape index (κ2) is 9.67. The molecule has 5 heteroatoms. The average Bonchev–Trinajstić information content (AvgIpc) is 2.61. The molecule has 2 rings (SSSR count). The predicted molar refractivity (Wildman–Crippen MR) is 97.5 cm³/mol. The van der Waals surface area contributed by atoms with Crippen LogP contribution in [0.5, 0.6) is 11.5 Å². The molecule has 0 saturated carbocycles. The minimum Gasteiger partial charge on any atom is -0.493 e. The third kappa shape index (κ3) is 4.97. The van der Waals surface area contributed by atoms with Gasteiger partial charge in [-0.15, -0.1) is 0 Å². The second-order valence-corrected chi connectivity index (χ2v) is 5.90. The van der Waals surface area contributed by atoms with E-state index < -0.39 is 6.29 Å². The van der Waals surface area contributed by atoms with Crippen molar-refractivity contribution in [2.75, 3.05) is 20.3 Å². The van der Waals surface area contributed by atoms with Crippen molar-refractivity contribution in [1.29, 1.82) is 0 Å². The van der Waals surface area contributed by atoms with Crippen molar-refractivity contribution in [2.45, 2.75) is 26.7 Å². The zero-order valence-electron chi connectivity index (χ0n) is 14.3. The summed E-state index contributed by atoms with van der Waals surface area (Å²) in [4.78, 5) is 0. The Morgan fingerprint density at radius 1 is 0.958 bits per heavy atom. The highest BCUT2D eigenvalue weighted by Crippen LogP contribution is 2.38. The monoisotopic (exact) mass is 394 g/mol. The average molecular weight is 395 g/mol. The van der Waals surface area contributed by atoms with Gasteiger partial charge < -0.3 is 18.9 Å². The van der Waals surface area contributed by atoms with E-state index in [9.17, 15) is 0 Å². The Labute approximate surface area is 151 Å². The van der Waals surface area contributed by atoms with Crippen LogP contribution in [0.3, 0.4) is 0 Å². The van der Waals surface area contributed by atoms with Crippen LogP contribution < -0.4 is 9.47 Å². The molecule has 0 bridgehead atoms. The molecule has 0 radical (unpaired) electrons. The van der Waals surface area contributed by atoms with Crippen LogP contribution in [0.15, 0.2) is 46.9 Å². The fourth-order valence-corrected chi connectivity index (χ4v) is 2.78. The van der Waals surface area contributed by atoms with Gasteiger partial charge in [-0.25, -0.2) is 0 Å². The molecular weight excluding hydrogens is 372 g/mol. The zero-order chi connectivity index (χ0) is 17.4. The smallest absolute Gasteiger partial charge is 0.184 e. The van der Waals surface area contributed by atoms with Gasteiger partial charge in [-0.3, -0.25) is 0 Å². The summed E-state index contributed by atoms with van der Waals surface area (Å²) in [6.07, 6.45) is -0.445. The predicted octanol–water partition coefficient (Wildman–Crippen LogP) is 5.11. The van der Waals surface area contributed by atoms with Crippen molar-refractivity contribution in [3.63, 3.8) is 0 Å². The summed E-state index contributed by atoms with van der Waals surface area (Å²) in [5.41, 5.74) is 1.97. The molecule has 0 unspecified atom stereocenters. The molecule has 0 N–H and O–H groups in total. The van der Waals surface area contributed by atoms with E-state index in [4.69, 9.17) is 18.9 Å². The minimum absolute atomic E-state index is 0.445. The largest absolute Gasteiger partial charge is 0.493 e. The molecule has 0 spiro atoms. The van der Waals surface area contributed by atoms with E-state index in [0.29, 0.717) is 31.3 Å². The van der Waals surface area contributed by atoms with Gasteiger partial charge in [0.05, 0.1) is 7.11 Å². The van der Waals surface area contributed by atoms with Crippen LogP contribution in [-0.2, 0) is 16.1 Å². The topological polar surface area (TPSA) is 36.9 Å². The first-order chi connectivity index (χ1) is 11.7. The molecule has 0 atom stereocenters. The van der Waals surface area contributed by atoms with Crippen LogP contribution in [0.2, 0.25) is 0 Å². The molecule has 0 aromatic heterocycles. The van der Waals surface area contributed by atoms with Gasteiger partial charge in [-0.2, -0.15) is 0 Å². The van der Waals surface area contributed by atoms with E-state index >= 15 is 0 Å². The van der Waals surface area contributed by atoms with Crippen molar-refractivity contribution >= 4 is 15.9 Å². The second-order valence-electron chi connectivity index (χ2n) is 5.04. The van der Waals surface area contributed by atoms with E-state index in [0.717, 1.165) is 15.6 Å². The standard InChI is InChI=1S/C19H23BrO4/c1-4-22-19(23-5-2)15-11-18(17(21-3)12-16(15)20)24-13-14-9-7-6-8-10-14/h6-12,19H,4-5,13H2,1-3H3. The number of benzene rings is 2. The van der Waals surface area contributed by atoms with Gasteiger partial charge in [-0.1, -0.05) is 46.3 Å². The summed E-state index contributed by atoms with van der Waals surface area (Å²) >= 11 is 3.56. The highest BCUT2D eigenvalue weighted by atomic mass is 79.9. The molecule has 0 heterocycles. The fraction of sp³-hybridized carbons (Fsp3) is 0.368. The summed E-state index contributed by atoms with van der Waals surface area (Å²) in [5.74, 6) is 1.32. The molecule has 4 nitrogen and oxygen atoms in total. The molecule has 130 valence electrons. The van der Waals surface area contributed by atoms with Crippen molar-refractivity contribution in [2.24, 2.45) is 0 Å². The maximum absolute atomic E-state index is 5.96. The fourth-order valence-electron chi connectivity index (χ4n) is 2.27. The molecule has 24 heavy (non-hydrogen) atoms. The van der Waals surface area contributed by atoms with Gasteiger partial charge in [0.2, 0.25) is 0 Å². The lowest BCUT2D eigenvalue weighted by molar-refractivity contribution is -0.140. The van der Waals surface area contributed by atoms with E-state index in [-0.39, 0.29) is 0 Å². The van der Waals surface area contributed by atoms with Gasteiger partial charge in [0, 0.05) is 23.2 Å². The van der Waals surface area contributed by atoms with E-state index in [1.54, 1.807) is 7.11 Å². The Morgan fingerprint density at radius 2 is 1.62 bits per heavy atom. The van der Waals surface area contributed by atoms with Crippen LogP contribution >= 0.6 is 15.9 Å². The van der Waals surface area contributed by atoms with Crippen molar-refractivity contribution < 1.29 is 18.9 Å². The highest BCUT2D eigenvalue weighted by molar-refractivity contribution is 9.10. The first-order valence-electron chi connectivity index (χ1n) is 7.96. The van der Waals surface area contributed by atoms with E-state index in [2.05, 4.69) is 15.9 Å². The van der Waals surface area contributed by atoms with Gasteiger partial charge >= 0.3 is 0 Å². The van der Waals surface area contributed by atoms with Gasteiger partial charge in [-0.05, 0) is 31.5 Å². The SMILES string of the molecule is CCOC(OCC)c1cc(OCc2ccccc2)c(OC)cc1Br. The maximum atomic E-state index is 5.96. The number of methoxy groups -OCH3 is 1. The van der Waals surface area contributed by atoms with Gasteiger partial charge in [0.1, 0.15) is 6.61 Å². The summed E-state index contributed by atoms with van der Waals surface area (Å²) in [6, 6.07) is 13.8. The Balaban J connectivity index is 2.26. The zero-order valence-corrected chi connectivity index (χ0v) is 15.8. The van der Waals surface area contributed by atoms with Crippen molar-refractivity contribution in [1.82, 2.24) is 0 Å². The molecule has 2 aromatic carbocycles. The van der Waals surface area contributed by atoms with Crippen molar-refractivity contribution in [3.8, 4) is 11.5 Å². The number of hydrogen-bond donors (Lipinski definition) is 0. The van der Waals surface area contributed by atoms with Crippen molar-refractivity contribution in [3.05, 3.63) is 58.1 Å². The summed E-state index contributed by atoms with van der Waals surface area (Å²) in [7, 11) is 1.62. The molecule has 0 saturated heterocycles. The van der Waals surface area contributed by atoms with E-state index in [1.807, 2.05) is 56.3 Å². The summed E-state index contributed by atoms with van der Waals surface area (Å²) < 4.78 is 23.6. The molecule has 0 fully saturated rings. The Hall–Kier alpha value is -1.56. The Kier molecular flexibility index (Phi) is 7.56. The van der Waals surface area contributed by atoms with Crippen LogP contribution in [0.25, 0.3) is 0 Å². The number of hydrogen-bond acceptors (Lipinski definition) is 4. The lowest BCUT2D eigenvalue weighted by Gasteiger charge is -2.21. The molecule has 2 aromatic rings. The number of halogens is 1. The molecular formula is C19H23BrO4. The highest BCUT2D eigenvalue weighted by Gasteiger charge is 2.19. The molecule has 0 aliphatic heterocycles. The Morgan fingerprint density at radius 3 is 2.21 bits per heavy atom. The number of ether oxygens (including phenoxy) is 4. The maximum Gasteiger partial charge on any atom is 0.184 e. The van der Waals surface area contributed by atoms with Gasteiger partial charge in [0.25, 0.3) is 0 Å². The van der Waals surface area contributed by atoms with Crippen LogP contribution in [-0.4, -0.2) is 20.3 Å². The number of rotatable bonds is 9. The first kappa shape index (κ1) is 18.8. The third-order valence-electron chi connectivity index (χ3n) is 3.41. The molecule has 0 aliphatic carbocycles. The Bertz CT molecular complexity index is 625. The lowest BCUT2D eigenvalue weighted by Crippen LogP contribution is -2.10. The van der Waals surface area contributed by atoms with Crippen LogP contribution in [0, 0.1) is 0 Å². The van der Waals surface area contributed by atoms with Crippen LogP contribution in [0.4, 0.5) is 0 Å². The molecule has 0 amide bonds. The van der Waals surface area contributed by atoms with Crippen LogP contribution in [0.1, 0.15) is 31.3 Å².